The van der Waals surface area contributed by atoms with Crippen molar-refractivity contribution in [2.75, 3.05) is 12.8 Å². The van der Waals surface area contributed by atoms with E-state index in [0.717, 1.165) is 24.3 Å². The Bertz CT molecular complexity index is 348. The zero-order valence-corrected chi connectivity index (χ0v) is 8.99. The van der Waals surface area contributed by atoms with E-state index in [9.17, 15) is 9.67 Å². The van der Waals surface area contributed by atoms with Gasteiger partial charge < -0.3 is 9.67 Å². The molecule has 1 aromatic carbocycles. The summed E-state index contributed by atoms with van der Waals surface area (Å²) in [5.74, 6) is 0. The summed E-state index contributed by atoms with van der Waals surface area (Å²) in [7, 11) is -2.28. The van der Waals surface area contributed by atoms with Crippen LogP contribution >= 0.6 is 7.14 Å². The van der Waals surface area contributed by atoms with Crippen molar-refractivity contribution in [2.45, 2.75) is 18.5 Å². The van der Waals surface area contributed by atoms with Gasteiger partial charge in [0.05, 0.1) is 6.61 Å². The SMILES string of the molecule is O=[P@@]1(c2ccccc2)CCC[C@@H]1CO. The third kappa shape index (κ3) is 1.53. The van der Waals surface area contributed by atoms with Crippen LogP contribution in [-0.4, -0.2) is 23.5 Å². The number of benzene rings is 1. The van der Waals surface area contributed by atoms with Crippen LogP contribution in [0.2, 0.25) is 0 Å². The summed E-state index contributed by atoms with van der Waals surface area (Å²) in [6, 6.07) is 9.62. The van der Waals surface area contributed by atoms with E-state index in [1.807, 2.05) is 30.3 Å². The highest BCUT2D eigenvalue weighted by atomic mass is 31.2. The lowest BCUT2D eigenvalue weighted by Crippen LogP contribution is -2.17. The zero-order valence-electron chi connectivity index (χ0n) is 8.10. The molecule has 0 amide bonds. The molecule has 1 aliphatic rings. The van der Waals surface area contributed by atoms with Crippen LogP contribution in [0, 0.1) is 0 Å². The van der Waals surface area contributed by atoms with Gasteiger partial charge in [-0.15, -0.1) is 0 Å². The first-order chi connectivity index (χ1) is 6.77. The average molecular weight is 210 g/mol. The Morgan fingerprint density at radius 3 is 2.71 bits per heavy atom. The molecule has 1 heterocycles. The normalized spacial score (nSPS) is 31.9. The van der Waals surface area contributed by atoms with E-state index in [1.165, 1.54) is 0 Å². The fraction of sp³-hybridized carbons (Fsp3) is 0.455. The molecule has 0 spiro atoms. The van der Waals surface area contributed by atoms with Crippen molar-refractivity contribution >= 4 is 12.4 Å². The molecule has 1 N–H and O–H groups in total. The molecular formula is C11H15O2P. The van der Waals surface area contributed by atoms with E-state index in [-0.39, 0.29) is 12.3 Å². The summed E-state index contributed by atoms with van der Waals surface area (Å²) >= 11 is 0. The van der Waals surface area contributed by atoms with Crippen LogP contribution in [0.15, 0.2) is 30.3 Å². The van der Waals surface area contributed by atoms with Crippen LogP contribution in [0.5, 0.6) is 0 Å². The molecule has 1 fully saturated rings. The van der Waals surface area contributed by atoms with Gasteiger partial charge in [-0.1, -0.05) is 30.3 Å². The summed E-state index contributed by atoms with van der Waals surface area (Å²) in [4.78, 5) is 0. The molecule has 2 nitrogen and oxygen atoms in total. The number of hydrogen-bond acceptors (Lipinski definition) is 2. The molecule has 0 aliphatic carbocycles. The summed E-state index contributed by atoms with van der Waals surface area (Å²) in [6.07, 6.45) is 2.66. The second-order valence-electron chi connectivity index (χ2n) is 3.83. The van der Waals surface area contributed by atoms with Crippen molar-refractivity contribution in [1.29, 1.82) is 0 Å². The van der Waals surface area contributed by atoms with Gasteiger partial charge in [-0.2, -0.15) is 0 Å². The minimum atomic E-state index is -2.28. The van der Waals surface area contributed by atoms with Gasteiger partial charge in [-0.3, -0.25) is 0 Å². The quantitative estimate of drug-likeness (QED) is 0.756. The number of hydrogen-bond donors (Lipinski definition) is 1. The van der Waals surface area contributed by atoms with E-state index >= 15 is 0 Å². The minimum Gasteiger partial charge on any atom is -0.396 e. The molecule has 0 aromatic heterocycles. The number of aliphatic hydroxyl groups is 1. The number of aliphatic hydroxyl groups excluding tert-OH is 1. The van der Waals surface area contributed by atoms with Crippen LogP contribution in [0.3, 0.4) is 0 Å². The van der Waals surface area contributed by atoms with Crippen LogP contribution in [0.4, 0.5) is 0 Å². The van der Waals surface area contributed by atoms with Gasteiger partial charge in [0, 0.05) is 17.1 Å². The molecule has 0 unspecified atom stereocenters. The molecule has 0 saturated carbocycles. The van der Waals surface area contributed by atoms with Crippen molar-refractivity contribution in [1.82, 2.24) is 0 Å². The highest BCUT2D eigenvalue weighted by Gasteiger charge is 2.38. The molecule has 0 bridgehead atoms. The molecular weight excluding hydrogens is 195 g/mol. The summed E-state index contributed by atoms with van der Waals surface area (Å²) in [5, 5.41) is 10.1. The van der Waals surface area contributed by atoms with E-state index < -0.39 is 7.14 Å². The third-order valence-electron chi connectivity index (χ3n) is 3.02. The molecule has 0 radical (unpaired) electrons. The fourth-order valence-electron chi connectivity index (χ4n) is 2.20. The predicted octanol–water partition coefficient (Wildman–Crippen LogP) is 1.83. The Balaban J connectivity index is 2.37. The molecule has 3 heteroatoms. The summed E-state index contributed by atoms with van der Waals surface area (Å²) in [6.45, 7) is 0.0617. The largest absolute Gasteiger partial charge is 0.396 e. The Labute approximate surface area is 84.3 Å². The summed E-state index contributed by atoms with van der Waals surface area (Å²) in [5.41, 5.74) is 0.00454. The van der Waals surface area contributed by atoms with Gasteiger partial charge in [0.1, 0.15) is 7.14 Å². The topological polar surface area (TPSA) is 37.3 Å². The maximum Gasteiger partial charge on any atom is 0.120 e. The van der Waals surface area contributed by atoms with E-state index in [1.54, 1.807) is 0 Å². The Kier molecular flexibility index (Phi) is 2.76. The predicted molar refractivity (Wildman–Crippen MR) is 58.7 cm³/mol. The lowest BCUT2D eigenvalue weighted by Gasteiger charge is -2.18. The summed E-state index contributed by atoms with van der Waals surface area (Å²) < 4.78 is 12.6. The minimum absolute atomic E-state index is 0.00454. The van der Waals surface area contributed by atoms with Crippen molar-refractivity contribution in [3.8, 4) is 0 Å². The van der Waals surface area contributed by atoms with Crippen LogP contribution in [0.25, 0.3) is 0 Å². The van der Waals surface area contributed by atoms with Gasteiger partial charge in [-0.25, -0.2) is 0 Å². The molecule has 1 aromatic rings. The average Bonchev–Trinajstić information content (AvgIpc) is 2.62. The van der Waals surface area contributed by atoms with Gasteiger partial charge in [-0.05, 0) is 12.8 Å². The first kappa shape index (κ1) is 9.95. The Morgan fingerprint density at radius 1 is 1.36 bits per heavy atom. The van der Waals surface area contributed by atoms with Gasteiger partial charge in [0.25, 0.3) is 0 Å². The second kappa shape index (κ2) is 3.88. The first-order valence-corrected chi connectivity index (χ1v) is 6.99. The highest BCUT2D eigenvalue weighted by molar-refractivity contribution is 7.72. The maximum atomic E-state index is 12.6. The van der Waals surface area contributed by atoms with Crippen LogP contribution in [-0.2, 0) is 4.57 Å². The standard InChI is InChI=1S/C11H15O2P/c12-9-11-7-4-8-14(11,13)10-5-2-1-3-6-10/h1-3,5-6,11-12H,4,7-9H2/t11-,14-/m1/s1. The van der Waals surface area contributed by atoms with Crippen molar-refractivity contribution in [2.24, 2.45) is 0 Å². The lowest BCUT2D eigenvalue weighted by molar-refractivity contribution is 0.289. The Hall–Kier alpha value is -0.590. The van der Waals surface area contributed by atoms with Crippen molar-refractivity contribution < 1.29 is 9.67 Å². The molecule has 2 rings (SSSR count). The lowest BCUT2D eigenvalue weighted by atomic mass is 10.3. The van der Waals surface area contributed by atoms with Crippen molar-refractivity contribution in [3.05, 3.63) is 30.3 Å². The van der Waals surface area contributed by atoms with Gasteiger partial charge in [0.2, 0.25) is 0 Å². The maximum absolute atomic E-state index is 12.6. The van der Waals surface area contributed by atoms with E-state index in [0.29, 0.717) is 0 Å². The third-order valence-corrected chi connectivity index (χ3v) is 6.78. The molecule has 1 aliphatic heterocycles. The van der Waals surface area contributed by atoms with Gasteiger partial charge >= 0.3 is 0 Å². The molecule has 76 valence electrons. The second-order valence-corrected chi connectivity index (χ2v) is 7.12. The van der Waals surface area contributed by atoms with E-state index in [2.05, 4.69) is 0 Å². The molecule has 1 saturated heterocycles. The Morgan fingerprint density at radius 2 is 2.07 bits per heavy atom. The first-order valence-electron chi connectivity index (χ1n) is 5.02. The highest BCUT2D eigenvalue weighted by Crippen LogP contribution is 2.56. The molecule has 2 atom stereocenters. The fourth-order valence-corrected chi connectivity index (χ4v) is 5.43. The smallest absolute Gasteiger partial charge is 0.120 e. The monoisotopic (exact) mass is 210 g/mol. The van der Waals surface area contributed by atoms with Gasteiger partial charge in [0.15, 0.2) is 0 Å². The van der Waals surface area contributed by atoms with Crippen molar-refractivity contribution in [3.63, 3.8) is 0 Å². The zero-order chi connectivity index (χ0) is 10.0. The van der Waals surface area contributed by atoms with E-state index in [4.69, 9.17) is 0 Å². The molecule has 14 heavy (non-hydrogen) atoms. The van der Waals surface area contributed by atoms with Crippen LogP contribution in [0.1, 0.15) is 12.8 Å². The van der Waals surface area contributed by atoms with Crippen LogP contribution < -0.4 is 5.30 Å². The number of rotatable bonds is 2.